The van der Waals surface area contributed by atoms with Gasteiger partial charge in [0.15, 0.2) is 0 Å². The molecule has 0 saturated carbocycles. The number of anilines is 2. The summed E-state index contributed by atoms with van der Waals surface area (Å²) in [4.78, 5) is 11.9. The average Bonchev–Trinajstić information content (AvgIpc) is 2.89. The zero-order valence-corrected chi connectivity index (χ0v) is 11.1. The third-order valence-electron chi connectivity index (χ3n) is 2.80. The summed E-state index contributed by atoms with van der Waals surface area (Å²) in [5.41, 5.74) is 2.23. The van der Waals surface area contributed by atoms with Gasteiger partial charge in [0.05, 0.1) is 11.7 Å². The van der Waals surface area contributed by atoms with Gasteiger partial charge in [0.2, 0.25) is 0 Å². The lowest BCUT2D eigenvalue weighted by atomic mass is 10.2. The van der Waals surface area contributed by atoms with Crippen molar-refractivity contribution in [3.05, 3.63) is 53.7 Å². The first-order valence-electron chi connectivity index (χ1n) is 5.97. The van der Waals surface area contributed by atoms with Crippen LogP contribution in [0.4, 0.5) is 16.2 Å². The predicted octanol–water partition coefficient (Wildman–Crippen LogP) is 3.86. The summed E-state index contributed by atoms with van der Waals surface area (Å²) in [6, 6.07) is 12.1. The van der Waals surface area contributed by atoms with Gasteiger partial charge in [0.1, 0.15) is 0 Å². The molecule has 1 aromatic heterocycles. The maximum atomic E-state index is 11.9. The van der Waals surface area contributed by atoms with Crippen molar-refractivity contribution in [1.82, 2.24) is 10.2 Å². The molecule has 0 bridgehead atoms. The number of benzene rings is 2. The molecule has 2 amide bonds. The van der Waals surface area contributed by atoms with Crippen molar-refractivity contribution in [2.75, 3.05) is 10.6 Å². The van der Waals surface area contributed by atoms with Gasteiger partial charge in [-0.15, -0.1) is 0 Å². The molecule has 0 atom stereocenters. The third kappa shape index (κ3) is 2.73. The van der Waals surface area contributed by atoms with E-state index in [4.69, 9.17) is 11.6 Å². The minimum atomic E-state index is -0.314. The first-order valence-corrected chi connectivity index (χ1v) is 6.35. The van der Waals surface area contributed by atoms with Crippen LogP contribution in [-0.2, 0) is 0 Å². The van der Waals surface area contributed by atoms with E-state index < -0.39 is 0 Å². The molecular formula is C14H11ClN4O. The molecule has 3 rings (SSSR count). The number of H-pyrrole nitrogens is 1. The van der Waals surface area contributed by atoms with Gasteiger partial charge in [-0.3, -0.25) is 5.10 Å². The number of halogens is 1. The predicted molar refractivity (Wildman–Crippen MR) is 80.2 cm³/mol. The highest BCUT2D eigenvalue weighted by atomic mass is 35.5. The lowest BCUT2D eigenvalue weighted by molar-refractivity contribution is 0.262. The van der Waals surface area contributed by atoms with Gasteiger partial charge in [0, 0.05) is 21.8 Å². The van der Waals surface area contributed by atoms with Crippen LogP contribution in [0.15, 0.2) is 48.7 Å². The molecule has 5 nitrogen and oxygen atoms in total. The number of nitrogens with one attached hydrogen (secondary N) is 3. The summed E-state index contributed by atoms with van der Waals surface area (Å²) in [7, 11) is 0. The molecule has 2 aromatic carbocycles. The molecule has 0 aliphatic rings. The van der Waals surface area contributed by atoms with Gasteiger partial charge in [-0.25, -0.2) is 4.79 Å². The molecule has 0 spiro atoms. The second kappa shape index (κ2) is 5.22. The highest BCUT2D eigenvalue weighted by Crippen LogP contribution is 2.17. The van der Waals surface area contributed by atoms with Gasteiger partial charge < -0.3 is 10.6 Å². The topological polar surface area (TPSA) is 69.8 Å². The average molecular weight is 287 g/mol. The largest absolute Gasteiger partial charge is 0.323 e. The second-order valence-corrected chi connectivity index (χ2v) is 4.69. The number of urea groups is 1. The molecule has 0 aliphatic heterocycles. The van der Waals surface area contributed by atoms with E-state index >= 15 is 0 Å². The van der Waals surface area contributed by atoms with Crippen LogP contribution in [0.1, 0.15) is 0 Å². The highest BCUT2D eigenvalue weighted by Gasteiger charge is 2.04. The number of amides is 2. The van der Waals surface area contributed by atoms with Crippen molar-refractivity contribution in [2.45, 2.75) is 0 Å². The monoisotopic (exact) mass is 286 g/mol. The molecule has 3 aromatic rings. The molecule has 0 aliphatic carbocycles. The summed E-state index contributed by atoms with van der Waals surface area (Å²) < 4.78 is 0. The first kappa shape index (κ1) is 12.5. The molecule has 1 heterocycles. The Morgan fingerprint density at radius 3 is 2.55 bits per heavy atom. The Labute approximate surface area is 119 Å². The fraction of sp³-hybridized carbons (Fsp3) is 0. The van der Waals surface area contributed by atoms with E-state index in [0.29, 0.717) is 16.4 Å². The maximum Gasteiger partial charge on any atom is 0.323 e. The number of rotatable bonds is 2. The van der Waals surface area contributed by atoms with Crippen LogP contribution in [0.5, 0.6) is 0 Å². The fourth-order valence-electron chi connectivity index (χ4n) is 1.84. The standard InChI is InChI=1S/C14H11ClN4O/c15-10-2-5-11(6-3-10)17-14(20)18-12-4-1-9-8-16-19-13(9)7-12/h1-8H,(H,16,19)(H2,17,18,20). The van der Waals surface area contributed by atoms with Crippen molar-refractivity contribution in [3.63, 3.8) is 0 Å². The molecule has 0 unspecified atom stereocenters. The van der Waals surface area contributed by atoms with E-state index in [1.54, 1.807) is 30.5 Å². The van der Waals surface area contributed by atoms with Crippen molar-refractivity contribution in [3.8, 4) is 0 Å². The first-order chi connectivity index (χ1) is 9.70. The lowest BCUT2D eigenvalue weighted by Crippen LogP contribution is -2.19. The summed E-state index contributed by atoms with van der Waals surface area (Å²) in [6.45, 7) is 0. The van der Waals surface area contributed by atoms with E-state index in [1.165, 1.54) is 0 Å². The molecule has 0 radical (unpaired) electrons. The maximum absolute atomic E-state index is 11.9. The molecule has 0 saturated heterocycles. The number of hydrogen-bond acceptors (Lipinski definition) is 2. The zero-order chi connectivity index (χ0) is 13.9. The Morgan fingerprint density at radius 2 is 1.75 bits per heavy atom. The Balaban J connectivity index is 1.70. The number of carbonyl (C=O) groups excluding carboxylic acids is 1. The lowest BCUT2D eigenvalue weighted by Gasteiger charge is -2.07. The minimum Gasteiger partial charge on any atom is -0.308 e. The molecular weight excluding hydrogens is 276 g/mol. The third-order valence-corrected chi connectivity index (χ3v) is 3.05. The number of carbonyl (C=O) groups is 1. The molecule has 20 heavy (non-hydrogen) atoms. The van der Waals surface area contributed by atoms with Gasteiger partial charge in [-0.05, 0) is 42.5 Å². The normalized spacial score (nSPS) is 10.4. The number of aromatic amines is 1. The van der Waals surface area contributed by atoms with E-state index in [2.05, 4.69) is 20.8 Å². The van der Waals surface area contributed by atoms with Crippen LogP contribution in [0.25, 0.3) is 10.9 Å². The Hall–Kier alpha value is -2.53. The molecule has 6 heteroatoms. The smallest absolute Gasteiger partial charge is 0.308 e. The van der Waals surface area contributed by atoms with Crippen LogP contribution in [-0.4, -0.2) is 16.2 Å². The van der Waals surface area contributed by atoms with Crippen LogP contribution in [0.3, 0.4) is 0 Å². The quantitative estimate of drug-likeness (QED) is 0.669. The summed E-state index contributed by atoms with van der Waals surface area (Å²) in [5.74, 6) is 0. The number of hydrogen-bond donors (Lipinski definition) is 3. The second-order valence-electron chi connectivity index (χ2n) is 4.26. The summed E-state index contributed by atoms with van der Waals surface area (Å²) in [5, 5.41) is 13.9. The number of aromatic nitrogens is 2. The van der Waals surface area contributed by atoms with Gasteiger partial charge in [0.25, 0.3) is 0 Å². The fourth-order valence-corrected chi connectivity index (χ4v) is 1.97. The highest BCUT2D eigenvalue weighted by molar-refractivity contribution is 6.30. The summed E-state index contributed by atoms with van der Waals surface area (Å²) >= 11 is 5.78. The number of nitrogens with zero attached hydrogens (tertiary/aromatic N) is 1. The summed E-state index contributed by atoms with van der Waals surface area (Å²) in [6.07, 6.45) is 1.73. The van der Waals surface area contributed by atoms with Crippen LogP contribution >= 0.6 is 11.6 Å². The van der Waals surface area contributed by atoms with Crippen molar-refractivity contribution < 1.29 is 4.79 Å². The Bertz CT molecular complexity index is 751. The van der Waals surface area contributed by atoms with Crippen molar-refractivity contribution in [2.24, 2.45) is 0 Å². The van der Waals surface area contributed by atoms with Crippen molar-refractivity contribution in [1.29, 1.82) is 0 Å². The molecule has 0 fully saturated rings. The minimum absolute atomic E-state index is 0.314. The number of fused-ring (bicyclic) bond motifs is 1. The Morgan fingerprint density at radius 1 is 1.05 bits per heavy atom. The Kier molecular flexibility index (Phi) is 3.26. The van der Waals surface area contributed by atoms with E-state index in [-0.39, 0.29) is 6.03 Å². The molecule has 3 N–H and O–H groups in total. The van der Waals surface area contributed by atoms with Crippen LogP contribution in [0, 0.1) is 0 Å². The molecule has 100 valence electrons. The SMILES string of the molecule is O=C(Nc1ccc(Cl)cc1)Nc1ccc2cn[nH]c2c1. The van der Waals surface area contributed by atoms with E-state index in [1.807, 2.05) is 18.2 Å². The van der Waals surface area contributed by atoms with Gasteiger partial charge in [-0.1, -0.05) is 11.6 Å². The van der Waals surface area contributed by atoms with Crippen LogP contribution in [0.2, 0.25) is 5.02 Å². The van der Waals surface area contributed by atoms with Gasteiger partial charge >= 0.3 is 6.03 Å². The van der Waals surface area contributed by atoms with Crippen molar-refractivity contribution >= 4 is 39.9 Å². The van der Waals surface area contributed by atoms with Gasteiger partial charge in [-0.2, -0.15) is 5.10 Å². The van der Waals surface area contributed by atoms with E-state index in [9.17, 15) is 4.79 Å². The zero-order valence-electron chi connectivity index (χ0n) is 10.4. The van der Waals surface area contributed by atoms with E-state index in [0.717, 1.165) is 10.9 Å². The van der Waals surface area contributed by atoms with Crippen LogP contribution < -0.4 is 10.6 Å².